The molecule has 1 aromatic heterocycles. The minimum Gasteiger partial charge on any atom is -0.381 e. The predicted octanol–water partition coefficient (Wildman–Crippen LogP) is 2.23. The fourth-order valence-corrected chi connectivity index (χ4v) is 1.58. The fraction of sp³-hybridized carbons (Fsp3) is 0.857. The Morgan fingerprint density at radius 1 is 1.26 bits per heavy atom. The number of ether oxygens (including phenoxy) is 1. The van der Waals surface area contributed by atoms with Gasteiger partial charge in [0.05, 0.1) is 12.4 Å². The molecule has 0 saturated heterocycles. The van der Waals surface area contributed by atoms with E-state index in [-0.39, 0.29) is 0 Å². The smallest absolute Gasteiger partial charge is 0.0923 e. The van der Waals surface area contributed by atoms with Gasteiger partial charge in [-0.3, -0.25) is 5.32 Å². The highest BCUT2D eigenvalue weighted by atomic mass is 16.5. The van der Waals surface area contributed by atoms with E-state index in [1.165, 1.54) is 0 Å². The number of aromatic nitrogens is 3. The van der Waals surface area contributed by atoms with E-state index in [9.17, 15) is 0 Å². The zero-order valence-corrected chi connectivity index (χ0v) is 12.7. The van der Waals surface area contributed by atoms with Gasteiger partial charge in [-0.2, -0.15) is 0 Å². The highest BCUT2D eigenvalue weighted by Crippen LogP contribution is 2.01. The molecule has 0 aliphatic heterocycles. The van der Waals surface area contributed by atoms with Crippen molar-refractivity contribution in [2.75, 3.05) is 13.2 Å². The molecule has 0 radical (unpaired) electrons. The van der Waals surface area contributed by atoms with Crippen LogP contribution in [0.2, 0.25) is 0 Å². The van der Waals surface area contributed by atoms with Crippen LogP contribution in [-0.4, -0.2) is 34.2 Å². The summed E-state index contributed by atoms with van der Waals surface area (Å²) in [6.45, 7) is 11.1. The molecule has 0 aliphatic rings. The molecule has 1 heterocycles. The molecule has 0 aliphatic carbocycles. The van der Waals surface area contributed by atoms with Crippen LogP contribution < -0.4 is 5.32 Å². The van der Waals surface area contributed by atoms with E-state index in [0.717, 1.165) is 44.8 Å². The number of aryl methyl sites for hydroxylation is 1. The van der Waals surface area contributed by atoms with Crippen LogP contribution in [0, 0.1) is 5.92 Å². The molecular formula is C14H28N4O. The van der Waals surface area contributed by atoms with E-state index in [0.29, 0.717) is 12.0 Å². The van der Waals surface area contributed by atoms with Crippen LogP contribution in [0.3, 0.4) is 0 Å². The number of rotatable bonds is 10. The zero-order valence-electron chi connectivity index (χ0n) is 12.7. The van der Waals surface area contributed by atoms with Crippen molar-refractivity contribution in [1.82, 2.24) is 20.3 Å². The number of nitrogens with one attached hydrogen (secondary N) is 1. The first kappa shape index (κ1) is 16.1. The largest absolute Gasteiger partial charge is 0.381 e. The van der Waals surface area contributed by atoms with Crippen LogP contribution in [0.5, 0.6) is 0 Å². The molecule has 0 unspecified atom stereocenters. The summed E-state index contributed by atoms with van der Waals surface area (Å²) in [6.07, 6.45) is 5.08. The van der Waals surface area contributed by atoms with Gasteiger partial charge < -0.3 is 4.74 Å². The molecule has 0 saturated carbocycles. The van der Waals surface area contributed by atoms with Gasteiger partial charge >= 0.3 is 0 Å². The lowest BCUT2D eigenvalue weighted by Crippen LogP contribution is -2.25. The minimum atomic E-state index is 0.460. The number of hydrogen-bond donors (Lipinski definition) is 1. The predicted molar refractivity (Wildman–Crippen MR) is 76.9 cm³/mol. The first-order chi connectivity index (χ1) is 9.08. The van der Waals surface area contributed by atoms with Crippen molar-refractivity contribution in [2.24, 2.45) is 5.92 Å². The van der Waals surface area contributed by atoms with Crippen LogP contribution in [0.15, 0.2) is 6.20 Å². The third-order valence-corrected chi connectivity index (χ3v) is 2.81. The topological polar surface area (TPSA) is 52.0 Å². The summed E-state index contributed by atoms with van der Waals surface area (Å²) in [5.41, 5.74) is 1.04. The van der Waals surface area contributed by atoms with Gasteiger partial charge in [0.2, 0.25) is 0 Å². The van der Waals surface area contributed by atoms with Gasteiger partial charge in [-0.25, -0.2) is 4.68 Å². The van der Waals surface area contributed by atoms with Gasteiger partial charge in [0, 0.05) is 25.5 Å². The lowest BCUT2D eigenvalue weighted by Gasteiger charge is -2.06. The highest BCUT2D eigenvalue weighted by Gasteiger charge is 2.01. The molecule has 1 N–H and O–H groups in total. The Balaban J connectivity index is 2.09. The Bertz CT molecular complexity index is 336. The summed E-state index contributed by atoms with van der Waals surface area (Å²) in [5, 5.41) is 11.6. The molecule has 0 atom stereocenters. The van der Waals surface area contributed by atoms with Crippen molar-refractivity contribution in [1.29, 1.82) is 0 Å². The van der Waals surface area contributed by atoms with E-state index in [4.69, 9.17) is 4.74 Å². The normalized spacial score (nSPS) is 11.7. The monoisotopic (exact) mass is 268 g/mol. The van der Waals surface area contributed by atoms with Crippen LogP contribution in [0.25, 0.3) is 0 Å². The molecule has 5 nitrogen and oxygen atoms in total. The maximum absolute atomic E-state index is 5.58. The van der Waals surface area contributed by atoms with Crippen molar-refractivity contribution < 1.29 is 4.74 Å². The van der Waals surface area contributed by atoms with E-state index < -0.39 is 0 Å². The molecule has 1 aromatic rings. The van der Waals surface area contributed by atoms with E-state index in [1.54, 1.807) is 0 Å². The van der Waals surface area contributed by atoms with Crippen LogP contribution >= 0.6 is 0 Å². The average Bonchev–Trinajstić information content (AvgIpc) is 2.78. The molecule has 19 heavy (non-hydrogen) atoms. The third-order valence-electron chi connectivity index (χ3n) is 2.81. The summed E-state index contributed by atoms with van der Waals surface area (Å²) in [7, 11) is 0. The minimum absolute atomic E-state index is 0.460. The molecule has 0 aromatic carbocycles. The second-order valence-electron chi connectivity index (χ2n) is 5.66. The van der Waals surface area contributed by atoms with E-state index in [1.807, 2.05) is 10.9 Å². The Morgan fingerprint density at radius 2 is 2.05 bits per heavy atom. The summed E-state index contributed by atoms with van der Waals surface area (Å²) in [5.74, 6) is 0.716. The molecule has 0 fully saturated rings. The summed E-state index contributed by atoms with van der Waals surface area (Å²) >= 11 is 0. The standard InChI is InChI=1S/C14H28N4O/c1-12(2)7-9-19-8-5-6-14-10-18(17-16-14)11-15-13(3)4/h10,12-13,15H,5-9,11H2,1-4H3. The first-order valence-electron chi connectivity index (χ1n) is 7.28. The third kappa shape index (κ3) is 7.95. The lowest BCUT2D eigenvalue weighted by atomic mass is 10.1. The SMILES string of the molecule is CC(C)CCOCCCc1cn(CNC(C)C)nn1. The first-order valence-corrected chi connectivity index (χ1v) is 7.28. The van der Waals surface area contributed by atoms with Gasteiger partial charge in [-0.15, -0.1) is 5.10 Å². The molecule has 1 rings (SSSR count). The number of nitrogens with zero attached hydrogens (tertiary/aromatic N) is 3. The van der Waals surface area contributed by atoms with E-state index in [2.05, 4.69) is 43.3 Å². The average molecular weight is 268 g/mol. The van der Waals surface area contributed by atoms with Crippen LogP contribution in [-0.2, 0) is 17.8 Å². The van der Waals surface area contributed by atoms with Crippen molar-refractivity contribution >= 4 is 0 Å². The maximum Gasteiger partial charge on any atom is 0.0923 e. The summed E-state index contributed by atoms with van der Waals surface area (Å²) < 4.78 is 7.43. The molecule has 0 bridgehead atoms. The van der Waals surface area contributed by atoms with Gasteiger partial charge in [0.15, 0.2) is 0 Å². The van der Waals surface area contributed by atoms with Gasteiger partial charge in [-0.1, -0.05) is 19.1 Å². The molecule has 0 spiro atoms. The number of hydrogen-bond acceptors (Lipinski definition) is 4. The molecule has 110 valence electrons. The Morgan fingerprint density at radius 3 is 2.74 bits per heavy atom. The molecule has 5 heteroatoms. The molecule has 0 amide bonds. The second-order valence-corrected chi connectivity index (χ2v) is 5.66. The second kappa shape index (κ2) is 9.04. The maximum atomic E-state index is 5.58. The van der Waals surface area contributed by atoms with Gasteiger partial charge in [-0.05, 0) is 39.0 Å². The Labute approximate surface area is 116 Å². The van der Waals surface area contributed by atoms with E-state index >= 15 is 0 Å². The van der Waals surface area contributed by atoms with Crippen LogP contribution in [0.4, 0.5) is 0 Å². The summed E-state index contributed by atoms with van der Waals surface area (Å²) in [6, 6.07) is 0.460. The Kier molecular flexibility index (Phi) is 7.67. The molecular weight excluding hydrogens is 240 g/mol. The van der Waals surface area contributed by atoms with Gasteiger partial charge in [0.1, 0.15) is 0 Å². The highest BCUT2D eigenvalue weighted by molar-refractivity contribution is 4.92. The van der Waals surface area contributed by atoms with Crippen molar-refractivity contribution in [3.8, 4) is 0 Å². The van der Waals surface area contributed by atoms with Crippen LogP contribution in [0.1, 0.15) is 46.2 Å². The van der Waals surface area contributed by atoms with Crippen molar-refractivity contribution in [3.63, 3.8) is 0 Å². The fourth-order valence-electron chi connectivity index (χ4n) is 1.58. The lowest BCUT2D eigenvalue weighted by molar-refractivity contribution is 0.121. The van der Waals surface area contributed by atoms with Crippen molar-refractivity contribution in [2.45, 2.75) is 59.7 Å². The zero-order chi connectivity index (χ0) is 14.1. The Hall–Kier alpha value is -0.940. The van der Waals surface area contributed by atoms with Crippen molar-refractivity contribution in [3.05, 3.63) is 11.9 Å². The quantitative estimate of drug-likeness (QED) is 0.661. The van der Waals surface area contributed by atoms with Gasteiger partial charge in [0.25, 0.3) is 0 Å². The summed E-state index contributed by atoms with van der Waals surface area (Å²) in [4.78, 5) is 0.